The average molecular weight is 395 g/mol. The highest BCUT2D eigenvalue weighted by atomic mass is 32.2. The molecule has 0 unspecified atom stereocenters. The van der Waals surface area contributed by atoms with Crippen molar-refractivity contribution in [1.82, 2.24) is 9.62 Å². The van der Waals surface area contributed by atoms with Crippen LogP contribution in [0.3, 0.4) is 0 Å². The van der Waals surface area contributed by atoms with Crippen LogP contribution in [0.4, 0.5) is 4.39 Å². The molecule has 0 radical (unpaired) electrons. The van der Waals surface area contributed by atoms with Crippen molar-refractivity contribution in [1.29, 1.82) is 0 Å². The summed E-state index contributed by atoms with van der Waals surface area (Å²) in [7, 11) is -3.47. The molecule has 0 spiro atoms. The molecule has 2 atom stereocenters. The summed E-state index contributed by atoms with van der Waals surface area (Å²) in [5.41, 5.74) is 1.55. The maximum atomic E-state index is 13.0. The Morgan fingerprint density at radius 3 is 2.04 bits per heavy atom. The maximum Gasteiger partial charge on any atom is 0.243 e. The number of hydrogen-bond donors (Lipinski definition) is 2. The van der Waals surface area contributed by atoms with Crippen LogP contribution in [0, 0.1) is 5.82 Å². The van der Waals surface area contributed by atoms with Crippen molar-refractivity contribution in [2.45, 2.75) is 37.8 Å². The molecule has 0 amide bonds. The highest BCUT2D eigenvalue weighted by Gasteiger charge is 2.21. The Labute approximate surface area is 160 Å². The summed E-state index contributed by atoms with van der Waals surface area (Å²) in [4.78, 5) is 0.272. The van der Waals surface area contributed by atoms with E-state index in [2.05, 4.69) is 5.32 Å². The molecule has 0 aliphatic heterocycles. The van der Waals surface area contributed by atoms with E-state index < -0.39 is 16.1 Å². The van der Waals surface area contributed by atoms with Crippen LogP contribution in [-0.2, 0) is 10.0 Å². The number of aliphatic hydroxyl groups is 1. The maximum absolute atomic E-state index is 13.0. The standard InChI is InChI=1S/C20H27FN2O3S/c1-4-23(5-2)27(25,26)19-12-8-16(9-13-19)15(3)22-14-20(24)17-6-10-18(21)11-7-17/h6-13,15,20,22,24H,4-5,14H2,1-3H3/t15-,20-/m1/s1. The lowest BCUT2D eigenvalue weighted by Gasteiger charge is -2.20. The van der Waals surface area contributed by atoms with Crippen LogP contribution in [0.2, 0.25) is 0 Å². The summed E-state index contributed by atoms with van der Waals surface area (Å²) in [5.74, 6) is -0.341. The number of aliphatic hydroxyl groups excluding tert-OH is 1. The smallest absolute Gasteiger partial charge is 0.243 e. The Hall–Kier alpha value is -1.80. The molecule has 0 heterocycles. The van der Waals surface area contributed by atoms with Gasteiger partial charge in [0.1, 0.15) is 5.82 Å². The molecular formula is C20H27FN2O3S. The Morgan fingerprint density at radius 2 is 1.52 bits per heavy atom. The van der Waals surface area contributed by atoms with Crippen molar-refractivity contribution in [2.24, 2.45) is 0 Å². The molecule has 2 aromatic carbocycles. The second-order valence-electron chi connectivity index (χ2n) is 6.36. The fourth-order valence-electron chi connectivity index (χ4n) is 2.85. The minimum absolute atomic E-state index is 0.0784. The molecule has 7 heteroatoms. The minimum atomic E-state index is -3.47. The quantitative estimate of drug-likeness (QED) is 0.685. The number of nitrogens with one attached hydrogen (secondary N) is 1. The van der Waals surface area contributed by atoms with Crippen LogP contribution < -0.4 is 5.32 Å². The number of nitrogens with zero attached hydrogens (tertiary/aromatic N) is 1. The zero-order chi connectivity index (χ0) is 20.0. The average Bonchev–Trinajstić information content (AvgIpc) is 2.67. The van der Waals surface area contributed by atoms with Crippen molar-refractivity contribution in [2.75, 3.05) is 19.6 Å². The third-order valence-electron chi connectivity index (χ3n) is 4.60. The Morgan fingerprint density at radius 1 is 1.00 bits per heavy atom. The number of benzene rings is 2. The molecule has 27 heavy (non-hydrogen) atoms. The first-order valence-electron chi connectivity index (χ1n) is 9.06. The summed E-state index contributed by atoms with van der Waals surface area (Å²) in [6, 6.07) is 12.4. The molecule has 0 aliphatic carbocycles. The molecule has 0 bridgehead atoms. The van der Waals surface area contributed by atoms with E-state index in [9.17, 15) is 17.9 Å². The molecule has 0 saturated heterocycles. The van der Waals surface area contributed by atoms with Gasteiger partial charge in [0.05, 0.1) is 11.0 Å². The number of rotatable bonds is 9. The Bertz CT molecular complexity index is 819. The summed E-state index contributed by atoms with van der Waals surface area (Å²) in [5, 5.41) is 13.4. The van der Waals surface area contributed by atoms with Gasteiger partial charge in [0, 0.05) is 25.7 Å². The summed E-state index contributed by atoms with van der Waals surface area (Å²) in [6.07, 6.45) is -0.754. The molecule has 2 aromatic rings. The van der Waals surface area contributed by atoms with Gasteiger partial charge < -0.3 is 10.4 Å². The summed E-state index contributed by atoms with van der Waals surface area (Å²) in [6.45, 7) is 6.72. The van der Waals surface area contributed by atoms with Gasteiger partial charge >= 0.3 is 0 Å². The lowest BCUT2D eigenvalue weighted by atomic mass is 10.1. The second-order valence-corrected chi connectivity index (χ2v) is 8.29. The van der Waals surface area contributed by atoms with Crippen LogP contribution >= 0.6 is 0 Å². The van der Waals surface area contributed by atoms with E-state index in [1.807, 2.05) is 20.8 Å². The predicted molar refractivity (Wildman–Crippen MR) is 104 cm³/mol. The summed E-state index contributed by atoms with van der Waals surface area (Å²) >= 11 is 0. The van der Waals surface area contributed by atoms with Crippen molar-refractivity contribution >= 4 is 10.0 Å². The fourth-order valence-corrected chi connectivity index (χ4v) is 4.31. The van der Waals surface area contributed by atoms with Crippen LogP contribution in [0.15, 0.2) is 53.4 Å². The van der Waals surface area contributed by atoms with Crippen LogP contribution in [0.1, 0.15) is 44.0 Å². The lowest BCUT2D eigenvalue weighted by Crippen LogP contribution is -2.30. The SMILES string of the molecule is CCN(CC)S(=O)(=O)c1ccc([C@@H](C)NC[C@@H](O)c2ccc(F)cc2)cc1. The van der Waals surface area contributed by atoms with Crippen molar-refractivity contribution < 1.29 is 17.9 Å². The second kappa shape index (κ2) is 9.41. The first-order valence-corrected chi connectivity index (χ1v) is 10.5. The minimum Gasteiger partial charge on any atom is -0.387 e. The lowest BCUT2D eigenvalue weighted by molar-refractivity contribution is 0.170. The summed E-state index contributed by atoms with van der Waals surface area (Å²) < 4.78 is 39.4. The van der Waals surface area contributed by atoms with E-state index >= 15 is 0 Å². The van der Waals surface area contributed by atoms with Crippen LogP contribution in [-0.4, -0.2) is 37.5 Å². The molecule has 5 nitrogen and oxygen atoms in total. The zero-order valence-corrected chi connectivity index (χ0v) is 16.7. The highest BCUT2D eigenvalue weighted by molar-refractivity contribution is 7.89. The van der Waals surface area contributed by atoms with Gasteiger partial charge in [-0.25, -0.2) is 12.8 Å². The Balaban J connectivity index is 2.01. The highest BCUT2D eigenvalue weighted by Crippen LogP contribution is 2.20. The van der Waals surface area contributed by atoms with Crippen molar-refractivity contribution in [3.8, 4) is 0 Å². The largest absolute Gasteiger partial charge is 0.387 e. The number of sulfonamides is 1. The third kappa shape index (κ3) is 5.35. The zero-order valence-electron chi connectivity index (χ0n) is 15.9. The van der Waals surface area contributed by atoms with Gasteiger partial charge in [-0.15, -0.1) is 0 Å². The van der Waals surface area contributed by atoms with Gasteiger partial charge in [0.2, 0.25) is 10.0 Å². The number of hydrogen-bond acceptors (Lipinski definition) is 4. The molecule has 0 aliphatic rings. The first-order chi connectivity index (χ1) is 12.8. The van der Waals surface area contributed by atoms with E-state index in [1.165, 1.54) is 16.4 Å². The van der Waals surface area contributed by atoms with E-state index in [4.69, 9.17) is 0 Å². The topological polar surface area (TPSA) is 69.6 Å². The third-order valence-corrected chi connectivity index (χ3v) is 6.66. The van der Waals surface area contributed by atoms with Gasteiger partial charge in [0.15, 0.2) is 0 Å². The van der Waals surface area contributed by atoms with Gasteiger partial charge in [-0.3, -0.25) is 0 Å². The molecule has 148 valence electrons. The van der Waals surface area contributed by atoms with Crippen molar-refractivity contribution in [3.05, 3.63) is 65.5 Å². The molecule has 0 fully saturated rings. The first kappa shape index (κ1) is 21.5. The molecular weight excluding hydrogens is 367 g/mol. The monoisotopic (exact) mass is 394 g/mol. The molecule has 2 rings (SSSR count). The fraction of sp³-hybridized carbons (Fsp3) is 0.400. The predicted octanol–water partition coefficient (Wildman–Crippen LogP) is 3.24. The van der Waals surface area contributed by atoms with Gasteiger partial charge in [0.25, 0.3) is 0 Å². The number of halogens is 1. The van der Waals surface area contributed by atoms with Crippen LogP contribution in [0.5, 0.6) is 0 Å². The van der Waals surface area contributed by atoms with E-state index in [0.717, 1.165) is 5.56 Å². The van der Waals surface area contributed by atoms with Gasteiger partial charge in [-0.05, 0) is 42.3 Å². The van der Waals surface area contributed by atoms with E-state index in [-0.39, 0.29) is 16.8 Å². The van der Waals surface area contributed by atoms with E-state index in [1.54, 1.807) is 36.4 Å². The molecule has 0 aromatic heterocycles. The Kier molecular flexibility index (Phi) is 7.49. The van der Waals surface area contributed by atoms with Gasteiger partial charge in [-0.1, -0.05) is 38.1 Å². The van der Waals surface area contributed by atoms with Crippen molar-refractivity contribution in [3.63, 3.8) is 0 Å². The normalized spacial score (nSPS) is 14.3. The van der Waals surface area contributed by atoms with Gasteiger partial charge in [-0.2, -0.15) is 4.31 Å². The van der Waals surface area contributed by atoms with Crippen LogP contribution in [0.25, 0.3) is 0 Å². The molecule has 0 saturated carbocycles. The molecule has 2 N–H and O–H groups in total. The van der Waals surface area contributed by atoms with E-state index in [0.29, 0.717) is 25.2 Å².